The minimum atomic E-state index is -0.344. The summed E-state index contributed by atoms with van der Waals surface area (Å²) in [4.78, 5) is 36.0. The molecule has 3 aromatic heterocycles. The Kier molecular flexibility index (Phi) is 5.00. The summed E-state index contributed by atoms with van der Waals surface area (Å²) in [6.07, 6.45) is 7.21. The van der Waals surface area contributed by atoms with Crippen LogP contribution in [0.1, 0.15) is 57.5 Å². The molecule has 0 unspecified atom stereocenters. The average Bonchev–Trinajstić information content (AvgIpc) is 3.45. The first-order chi connectivity index (χ1) is 13.9. The number of carbonyl (C=O) groups excluding carboxylic acids is 1. The molecule has 8 nitrogen and oxygen atoms in total. The summed E-state index contributed by atoms with van der Waals surface area (Å²) in [5.74, 6) is 0.997. The first-order valence-electron chi connectivity index (χ1n) is 9.61. The molecule has 1 saturated carbocycles. The first kappa shape index (κ1) is 19.0. The molecule has 4 rings (SSSR count). The van der Waals surface area contributed by atoms with Crippen molar-refractivity contribution in [1.82, 2.24) is 24.6 Å². The van der Waals surface area contributed by atoms with Gasteiger partial charge in [0.25, 0.3) is 11.5 Å². The highest BCUT2D eigenvalue weighted by Gasteiger charge is 2.28. The molecule has 1 aliphatic rings. The van der Waals surface area contributed by atoms with Crippen molar-refractivity contribution in [2.75, 3.05) is 7.05 Å². The van der Waals surface area contributed by atoms with Gasteiger partial charge in [0.1, 0.15) is 17.0 Å². The molecule has 0 aliphatic heterocycles. The molecule has 0 saturated heterocycles. The van der Waals surface area contributed by atoms with Gasteiger partial charge in [-0.25, -0.2) is 0 Å². The summed E-state index contributed by atoms with van der Waals surface area (Å²) >= 11 is 0. The topological polar surface area (TPSA) is 94.1 Å². The van der Waals surface area contributed by atoms with Crippen molar-refractivity contribution in [3.63, 3.8) is 0 Å². The summed E-state index contributed by atoms with van der Waals surface area (Å²) in [5.41, 5.74) is 2.59. The predicted molar refractivity (Wildman–Crippen MR) is 106 cm³/mol. The number of aryl methyl sites for hydroxylation is 2. The number of rotatable bonds is 6. The van der Waals surface area contributed by atoms with E-state index in [0.29, 0.717) is 22.9 Å². The van der Waals surface area contributed by atoms with Crippen LogP contribution in [0.2, 0.25) is 0 Å². The van der Waals surface area contributed by atoms with Gasteiger partial charge in [0, 0.05) is 31.4 Å². The molecule has 29 heavy (non-hydrogen) atoms. The van der Waals surface area contributed by atoms with Crippen LogP contribution in [0.4, 0.5) is 0 Å². The summed E-state index contributed by atoms with van der Waals surface area (Å²) in [6, 6.07) is 3.67. The van der Waals surface area contributed by atoms with Gasteiger partial charge in [0.05, 0.1) is 30.7 Å². The number of hydrogen-bond donors (Lipinski definition) is 0. The van der Waals surface area contributed by atoms with Crippen LogP contribution in [-0.4, -0.2) is 37.5 Å². The number of amides is 1. The Morgan fingerprint density at radius 1 is 1.24 bits per heavy atom. The first-order valence-corrected chi connectivity index (χ1v) is 9.61. The fourth-order valence-electron chi connectivity index (χ4n) is 3.19. The van der Waals surface area contributed by atoms with Crippen LogP contribution in [0.3, 0.4) is 0 Å². The quantitative estimate of drug-likeness (QED) is 0.638. The Hall–Kier alpha value is -3.29. The van der Waals surface area contributed by atoms with Crippen molar-refractivity contribution < 1.29 is 9.32 Å². The highest BCUT2D eigenvalue weighted by molar-refractivity contribution is 5.95. The highest BCUT2D eigenvalue weighted by atomic mass is 16.5. The minimum Gasteiger partial charge on any atom is -0.361 e. The molecule has 1 aliphatic carbocycles. The van der Waals surface area contributed by atoms with Crippen LogP contribution in [0.15, 0.2) is 40.0 Å². The second-order valence-corrected chi connectivity index (χ2v) is 7.61. The second kappa shape index (κ2) is 7.62. The monoisotopic (exact) mass is 393 g/mol. The second-order valence-electron chi connectivity index (χ2n) is 7.61. The smallest absolute Gasteiger partial charge is 0.264 e. The van der Waals surface area contributed by atoms with Gasteiger partial charge >= 0.3 is 0 Å². The van der Waals surface area contributed by atoms with E-state index in [1.54, 1.807) is 38.6 Å². The molecule has 3 heterocycles. The molecule has 8 heteroatoms. The third-order valence-electron chi connectivity index (χ3n) is 5.06. The van der Waals surface area contributed by atoms with Gasteiger partial charge < -0.3 is 14.0 Å². The van der Waals surface area contributed by atoms with E-state index in [1.807, 2.05) is 13.0 Å². The number of carbonyl (C=O) groups is 1. The van der Waals surface area contributed by atoms with Gasteiger partial charge in [-0.15, -0.1) is 0 Å². The molecule has 150 valence electrons. The standard InChI is InChI=1S/C21H23N5O3/c1-13-6-7-26(12-17-10-22-14(2)9-23-17)21(28)19(13)20(27)25(3)11-16-8-18(29-24-16)15-4-5-15/h6-10,15H,4-5,11-12H2,1-3H3. The van der Waals surface area contributed by atoms with E-state index in [0.717, 1.165) is 24.3 Å². The zero-order chi connectivity index (χ0) is 20.5. The van der Waals surface area contributed by atoms with Crippen LogP contribution in [-0.2, 0) is 13.1 Å². The van der Waals surface area contributed by atoms with Crippen molar-refractivity contribution in [1.29, 1.82) is 0 Å². The molecular weight excluding hydrogens is 370 g/mol. The summed E-state index contributed by atoms with van der Waals surface area (Å²) < 4.78 is 6.83. The molecular formula is C21H23N5O3. The van der Waals surface area contributed by atoms with Gasteiger partial charge in [0.15, 0.2) is 0 Å². The van der Waals surface area contributed by atoms with E-state index in [-0.39, 0.29) is 30.1 Å². The van der Waals surface area contributed by atoms with Crippen molar-refractivity contribution in [2.24, 2.45) is 0 Å². The lowest BCUT2D eigenvalue weighted by atomic mass is 10.1. The van der Waals surface area contributed by atoms with Crippen molar-refractivity contribution >= 4 is 5.91 Å². The maximum absolute atomic E-state index is 13.0. The molecule has 1 amide bonds. The third-order valence-corrected chi connectivity index (χ3v) is 5.06. The fraction of sp³-hybridized carbons (Fsp3) is 0.381. The molecule has 0 N–H and O–H groups in total. The lowest BCUT2D eigenvalue weighted by Gasteiger charge is -2.17. The lowest BCUT2D eigenvalue weighted by molar-refractivity contribution is 0.0779. The molecule has 0 bridgehead atoms. The SMILES string of the molecule is Cc1cnc(Cn2ccc(C)c(C(=O)N(C)Cc3cc(C4CC4)on3)c2=O)cn1. The van der Waals surface area contributed by atoms with Crippen LogP contribution in [0.5, 0.6) is 0 Å². The Bertz CT molecular complexity index is 1100. The van der Waals surface area contributed by atoms with E-state index in [9.17, 15) is 9.59 Å². The zero-order valence-electron chi connectivity index (χ0n) is 16.8. The number of hydrogen-bond acceptors (Lipinski definition) is 6. The average molecular weight is 393 g/mol. The zero-order valence-corrected chi connectivity index (χ0v) is 16.8. The molecule has 3 aromatic rings. The summed E-state index contributed by atoms with van der Waals surface area (Å²) in [6.45, 7) is 4.15. The largest absolute Gasteiger partial charge is 0.361 e. The van der Waals surface area contributed by atoms with E-state index in [4.69, 9.17) is 4.52 Å². The van der Waals surface area contributed by atoms with Gasteiger partial charge in [-0.05, 0) is 38.3 Å². The summed E-state index contributed by atoms with van der Waals surface area (Å²) in [5, 5.41) is 4.05. The van der Waals surface area contributed by atoms with Gasteiger partial charge in [-0.2, -0.15) is 0 Å². The Morgan fingerprint density at radius 3 is 2.72 bits per heavy atom. The van der Waals surface area contributed by atoms with Crippen LogP contribution >= 0.6 is 0 Å². The Balaban J connectivity index is 1.54. The van der Waals surface area contributed by atoms with Gasteiger partial charge in [-0.3, -0.25) is 19.6 Å². The number of aromatic nitrogens is 4. The van der Waals surface area contributed by atoms with E-state index in [1.165, 1.54) is 9.47 Å². The molecule has 0 atom stereocenters. The lowest BCUT2D eigenvalue weighted by Crippen LogP contribution is -2.35. The predicted octanol–water partition coefficient (Wildman–Crippen LogP) is 2.44. The fourth-order valence-corrected chi connectivity index (χ4v) is 3.19. The van der Waals surface area contributed by atoms with E-state index in [2.05, 4.69) is 15.1 Å². The minimum absolute atomic E-state index is 0.154. The number of pyridine rings is 1. The molecule has 1 fully saturated rings. The molecule has 0 aromatic carbocycles. The third kappa shape index (κ3) is 4.11. The van der Waals surface area contributed by atoms with Crippen molar-refractivity contribution in [3.05, 3.63) is 75.0 Å². The van der Waals surface area contributed by atoms with Crippen LogP contribution in [0, 0.1) is 13.8 Å². The Labute approximate surface area is 168 Å². The highest BCUT2D eigenvalue weighted by Crippen LogP contribution is 2.40. The summed E-state index contributed by atoms with van der Waals surface area (Å²) in [7, 11) is 1.66. The maximum Gasteiger partial charge on any atom is 0.264 e. The van der Waals surface area contributed by atoms with Crippen molar-refractivity contribution in [2.45, 2.75) is 45.7 Å². The number of nitrogens with zero attached hydrogens (tertiary/aromatic N) is 5. The van der Waals surface area contributed by atoms with Gasteiger partial charge in [0.2, 0.25) is 0 Å². The Morgan fingerprint density at radius 2 is 2.03 bits per heavy atom. The van der Waals surface area contributed by atoms with E-state index >= 15 is 0 Å². The van der Waals surface area contributed by atoms with Crippen molar-refractivity contribution in [3.8, 4) is 0 Å². The molecule has 0 radical (unpaired) electrons. The van der Waals surface area contributed by atoms with Gasteiger partial charge in [-0.1, -0.05) is 5.16 Å². The van der Waals surface area contributed by atoms with E-state index < -0.39 is 0 Å². The van der Waals surface area contributed by atoms with Crippen LogP contribution < -0.4 is 5.56 Å². The molecule has 0 spiro atoms. The normalized spacial score (nSPS) is 13.5. The van der Waals surface area contributed by atoms with Crippen LogP contribution in [0.25, 0.3) is 0 Å². The maximum atomic E-state index is 13.0.